The quantitative estimate of drug-likeness (QED) is 0.772. The molecule has 1 aromatic carbocycles. The Kier molecular flexibility index (Phi) is 2.29. The SMILES string of the molecule is C=CCn1c(=O)oc2cc(Br)ccc21. The van der Waals surface area contributed by atoms with Crippen molar-refractivity contribution in [3.63, 3.8) is 0 Å². The Morgan fingerprint density at radius 3 is 3.07 bits per heavy atom. The maximum atomic E-state index is 11.4. The van der Waals surface area contributed by atoms with Crippen LogP contribution in [0.25, 0.3) is 11.1 Å². The van der Waals surface area contributed by atoms with Crippen molar-refractivity contribution in [2.75, 3.05) is 0 Å². The van der Waals surface area contributed by atoms with E-state index in [0.717, 1.165) is 9.99 Å². The molecule has 0 aliphatic rings. The minimum atomic E-state index is -0.349. The molecule has 1 heterocycles. The van der Waals surface area contributed by atoms with Gasteiger partial charge in [-0.15, -0.1) is 6.58 Å². The van der Waals surface area contributed by atoms with E-state index < -0.39 is 0 Å². The average molecular weight is 254 g/mol. The van der Waals surface area contributed by atoms with Crippen LogP contribution in [0.3, 0.4) is 0 Å². The number of rotatable bonds is 2. The zero-order valence-electron chi connectivity index (χ0n) is 7.37. The lowest BCUT2D eigenvalue weighted by Crippen LogP contribution is -2.12. The van der Waals surface area contributed by atoms with Crippen molar-refractivity contribution in [3.05, 3.63) is 45.9 Å². The van der Waals surface area contributed by atoms with E-state index >= 15 is 0 Å². The Morgan fingerprint density at radius 2 is 2.36 bits per heavy atom. The van der Waals surface area contributed by atoms with Gasteiger partial charge in [-0.3, -0.25) is 4.57 Å². The Labute approximate surface area is 88.8 Å². The van der Waals surface area contributed by atoms with Gasteiger partial charge in [-0.05, 0) is 18.2 Å². The molecule has 72 valence electrons. The third kappa shape index (κ3) is 1.42. The van der Waals surface area contributed by atoms with E-state index in [2.05, 4.69) is 22.5 Å². The highest BCUT2D eigenvalue weighted by Crippen LogP contribution is 2.18. The fraction of sp³-hybridized carbons (Fsp3) is 0.100. The van der Waals surface area contributed by atoms with Crippen LogP contribution in [0.15, 0.2) is 44.5 Å². The zero-order valence-corrected chi connectivity index (χ0v) is 8.95. The number of nitrogens with zero attached hydrogens (tertiary/aromatic N) is 1. The second kappa shape index (κ2) is 3.46. The van der Waals surface area contributed by atoms with Crippen LogP contribution < -0.4 is 5.76 Å². The highest BCUT2D eigenvalue weighted by Gasteiger charge is 2.07. The third-order valence-electron chi connectivity index (χ3n) is 1.94. The first-order valence-corrected chi connectivity index (χ1v) is 4.91. The molecular weight excluding hydrogens is 246 g/mol. The first kappa shape index (κ1) is 9.27. The van der Waals surface area contributed by atoms with Gasteiger partial charge in [-0.25, -0.2) is 4.79 Å². The van der Waals surface area contributed by atoms with E-state index in [0.29, 0.717) is 12.1 Å². The van der Waals surface area contributed by atoms with Crippen molar-refractivity contribution in [1.29, 1.82) is 0 Å². The van der Waals surface area contributed by atoms with E-state index in [4.69, 9.17) is 4.42 Å². The van der Waals surface area contributed by atoms with Gasteiger partial charge in [0, 0.05) is 11.0 Å². The lowest BCUT2D eigenvalue weighted by Gasteiger charge is -1.95. The van der Waals surface area contributed by atoms with Crippen LogP contribution in [-0.2, 0) is 6.54 Å². The van der Waals surface area contributed by atoms with Crippen molar-refractivity contribution < 1.29 is 4.42 Å². The molecule has 1 aromatic heterocycles. The van der Waals surface area contributed by atoms with E-state index in [-0.39, 0.29) is 5.76 Å². The van der Waals surface area contributed by atoms with E-state index in [1.54, 1.807) is 12.1 Å². The van der Waals surface area contributed by atoms with E-state index in [1.165, 1.54) is 4.57 Å². The van der Waals surface area contributed by atoms with Crippen LogP contribution >= 0.6 is 15.9 Å². The highest BCUT2D eigenvalue weighted by molar-refractivity contribution is 9.10. The molecule has 0 saturated carbocycles. The summed E-state index contributed by atoms with van der Waals surface area (Å²) in [6.07, 6.45) is 1.67. The summed E-state index contributed by atoms with van der Waals surface area (Å²) in [4.78, 5) is 11.4. The topological polar surface area (TPSA) is 35.1 Å². The van der Waals surface area contributed by atoms with Crippen LogP contribution in [-0.4, -0.2) is 4.57 Å². The summed E-state index contributed by atoms with van der Waals surface area (Å²) in [6, 6.07) is 5.49. The van der Waals surface area contributed by atoms with Crippen LogP contribution in [0, 0.1) is 0 Å². The maximum absolute atomic E-state index is 11.4. The summed E-state index contributed by atoms with van der Waals surface area (Å²) in [7, 11) is 0. The van der Waals surface area contributed by atoms with Crippen molar-refractivity contribution in [1.82, 2.24) is 4.57 Å². The smallest absolute Gasteiger partial charge is 0.408 e. The van der Waals surface area contributed by atoms with Crippen molar-refractivity contribution >= 4 is 27.0 Å². The molecule has 2 rings (SSSR count). The van der Waals surface area contributed by atoms with Crippen LogP contribution in [0.4, 0.5) is 0 Å². The number of halogens is 1. The summed E-state index contributed by atoms with van der Waals surface area (Å²) < 4.78 is 7.49. The minimum Gasteiger partial charge on any atom is -0.408 e. The molecule has 0 fully saturated rings. The molecular formula is C10H8BrNO2. The van der Waals surface area contributed by atoms with Crippen LogP contribution in [0.2, 0.25) is 0 Å². The third-order valence-corrected chi connectivity index (χ3v) is 2.44. The molecule has 0 unspecified atom stereocenters. The van der Waals surface area contributed by atoms with Crippen molar-refractivity contribution in [2.45, 2.75) is 6.54 Å². The molecule has 0 spiro atoms. The molecule has 0 bridgehead atoms. The van der Waals surface area contributed by atoms with Gasteiger partial charge in [0.15, 0.2) is 5.58 Å². The predicted molar refractivity (Wildman–Crippen MR) is 58.4 cm³/mol. The van der Waals surface area contributed by atoms with Gasteiger partial charge < -0.3 is 4.42 Å². The van der Waals surface area contributed by atoms with Gasteiger partial charge in [-0.1, -0.05) is 22.0 Å². The molecule has 2 aromatic rings. The van der Waals surface area contributed by atoms with Gasteiger partial charge in [0.25, 0.3) is 0 Å². The van der Waals surface area contributed by atoms with E-state index in [1.807, 2.05) is 12.1 Å². The lowest BCUT2D eigenvalue weighted by atomic mass is 10.3. The maximum Gasteiger partial charge on any atom is 0.420 e. The molecule has 0 aliphatic carbocycles. The number of aromatic nitrogens is 1. The Balaban J connectivity index is 2.76. The Morgan fingerprint density at radius 1 is 1.57 bits per heavy atom. The summed E-state index contributed by atoms with van der Waals surface area (Å²) in [5, 5.41) is 0. The minimum absolute atomic E-state index is 0.349. The standard InChI is InChI=1S/C10H8BrNO2/c1-2-5-12-8-4-3-7(11)6-9(8)14-10(12)13/h2-4,6H,1,5H2. The van der Waals surface area contributed by atoms with Gasteiger partial charge in [0.1, 0.15) is 0 Å². The largest absolute Gasteiger partial charge is 0.420 e. The van der Waals surface area contributed by atoms with Gasteiger partial charge in [0.05, 0.1) is 5.52 Å². The van der Waals surface area contributed by atoms with E-state index in [9.17, 15) is 4.79 Å². The Bertz CT molecular complexity index is 539. The molecule has 3 nitrogen and oxygen atoms in total. The van der Waals surface area contributed by atoms with Gasteiger partial charge >= 0.3 is 5.76 Å². The predicted octanol–water partition coefficient (Wildman–Crippen LogP) is 2.54. The molecule has 0 aliphatic heterocycles. The molecule has 0 radical (unpaired) electrons. The molecule has 0 N–H and O–H groups in total. The number of hydrogen-bond donors (Lipinski definition) is 0. The van der Waals surface area contributed by atoms with Crippen LogP contribution in [0.1, 0.15) is 0 Å². The number of benzene rings is 1. The molecule has 0 atom stereocenters. The van der Waals surface area contributed by atoms with Gasteiger partial charge in [0.2, 0.25) is 0 Å². The highest BCUT2D eigenvalue weighted by atomic mass is 79.9. The normalized spacial score (nSPS) is 10.6. The monoisotopic (exact) mass is 253 g/mol. The number of fused-ring (bicyclic) bond motifs is 1. The summed E-state index contributed by atoms with van der Waals surface area (Å²) in [6.45, 7) is 4.06. The lowest BCUT2D eigenvalue weighted by molar-refractivity contribution is 0.519. The fourth-order valence-electron chi connectivity index (χ4n) is 1.34. The van der Waals surface area contributed by atoms with Crippen molar-refractivity contribution in [3.8, 4) is 0 Å². The molecule has 4 heteroatoms. The number of hydrogen-bond acceptors (Lipinski definition) is 2. The first-order valence-electron chi connectivity index (χ1n) is 4.12. The van der Waals surface area contributed by atoms with Gasteiger partial charge in [-0.2, -0.15) is 0 Å². The van der Waals surface area contributed by atoms with Crippen molar-refractivity contribution in [2.24, 2.45) is 0 Å². The van der Waals surface area contributed by atoms with Crippen LogP contribution in [0.5, 0.6) is 0 Å². The fourth-order valence-corrected chi connectivity index (χ4v) is 1.68. The molecule has 14 heavy (non-hydrogen) atoms. The summed E-state index contributed by atoms with van der Waals surface area (Å²) >= 11 is 3.31. The number of oxazole rings is 1. The second-order valence-corrected chi connectivity index (χ2v) is 3.79. The number of allylic oxidation sites excluding steroid dienone is 1. The molecule has 0 saturated heterocycles. The summed E-state index contributed by atoms with van der Waals surface area (Å²) in [5.41, 5.74) is 1.38. The first-order chi connectivity index (χ1) is 6.72. The summed E-state index contributed by atoms with van der Waals surface area (Å²) in [5.74, 6) is -0.349. The average Bonchev–Trinajstić information content (AvgIpc) is 2.43. The zero-order chi connectivity index (χ0) is 10.1. The Hall–Kier alpha value is -1.29. The molecule has 0 amide bonds. The second-order valence-electron chi connectivity index (χ2n) is 2.88.